The third-order valence-corrected chi connectivity index (χ3v) is 2.69. The van der Waals surface area contributed by atoms with Crippen LogP contribution in [0.15, 0.2) is 18.2 Å². The molecule has 0 saturated heterocycles. The Bertz CT molecular complexity index is 390. The first-order chi connectivity index (χ1) is 8.10. The van der Waals surface area contributed by atoms with Crippen molar-refractivity contribution in [2.75, 3.05) is 26.8 Å². The molecule has 17 heavy (non-hydrogen) atoms. The van der Waals surface area contributed by atoms with Crippen LogP contribution in [0.2, 0.25) is 0 Å². The van der Waals surface area contributed by atoms with Gasteiger partial charge in [0.2, 0.25) is 0 Å². The SMILES string of the molecule is CCN(CCOC)C(=O)c1ccc(C)c(O)c1. The van der Waals surface area contributed by atoms with E-state index in [1.165, 1.54) is 6.07 Å². The number of methoxy groups -OCH3 is 1. The van der Waals surface area contributed by atoms with Gasteiger partial charge < -0.3 is 14.7 Å². The van der Waals surface area contributed by atoms with E-state index in [9.17, 15) is 9.90 Å². The molecule has 0 heterocycles. The van der Waals surface area contributed by atoms with Gasteiger partial charge in [0.05, 0.1) is 6.61 Å². The second-order valence-corrected chi connectivity index (χ2v) is 3.88. The molecule has 1 aromatic carbocycles. The van der Waals surface area contributed by atoms with Gasteiger partial charge in [-0.2, -0.15) is 0 Å². The lowest BCUT2D eigenvalue weighted by Gasteiger charge is -2.20. The molecule has 0 spiro atoms. The quantitative estimate of drug-likeness (QED) is 0.849. The normalized spacial score (nSPS) is 10.3. The van der Waals surface area contributed by atoms with Crippen molar-refractivity contribution in [3.05, 3.63) is 29.3 Å². The summed E-state index contributed by atoms with van der Waals surface area (Å²) in [5, 5.41) is 9.58. The van der Waals surface area contributed by atoms with Crippen LogP contribution in [0.3, 0.4) is 0 Å². The Balaban J connectivity index is 2.82. The molecule has 0 aromatic heterocycles. The number of ether oxygens (including phenoxy) is 1. The minimum absolute atomic E-state index is 0.0835. The fraction of sp³-hybridized carbons (Fsp3) is 0.462. The summed E-state index contributed by atoms with van der Waals surface area (Å²) in [6, 6.07) is 4.98. The van der Waals surface area contributed by atoms with E-state index in [1.54, 1.807) is 31.1 Å². The summed E-state index contributed by atoms with van der Waals surface area (Å²) in [5.74, 6) is 0.0681. The number of hydrogen-bond donors (Lipinski definition) is 1. The Kier molecular flexibility index (Phi) is 4.97. The maximum Gasteiger partial charge on any atom is 0.254 e. The highest BCUT2D eigenvalue weighted by molar-refractivity contribution is 5.94. The average Bonchev–Trinajstić information content (AvgIpc) is 2.33. The lowest BCUT2D eigenvalue weighted by molar-refractivity contribution is 0.0706. The van der Waals surface area contributed by atoms with Crippen molar-refractivity contribution >= 4 is 5.91 Å². The van der Waals surface area contributed by atoms with Crippen LogP contribution in [0.4, 0.5) is 0 Å². The summed E-state index contributed by atoms with van der Waals surface area (Å²) in [4.78, 5) is 13.8. The number of aromatic hydroxyl groups is 1. The molecule has 0 radical (unpaired) electrons. The zero-order valence-electron chi connectivity index (χ0n) is 10.6. The van der Waals surface area contributed by atoms with Crippen LogP contribution in [-0.2, 0) is 4.74 Å². The van der Waals surface area contributed by atoms with Crippen LogP contribution < -0.4 is 0 Å². The Hall–Kier alpha value is -1.55. The molecular weight excluding hydrogens is 218 g/mol. The highest BCUT2D eigenvalue weighted by Gasteiger charge is 2.14. The minimum Gasteiger partial charge on any atom is -0.508 e. The molecule has 0 aliphatic heterocycles. The number of carbonyl (C=O) groups excluding carboxylic acids is 1. The van der Waals surface area contributed by atoms with Crippen LogP contribution >= 0.6 is 0 Å². The van der Waals surface area contributed by atoms with Gasteiger partial charge in [0.25, 0.3) is 5.91 Å². The number of amides is 1. The number of phenols is 1. The second-order valence-electron chi connectivity index (χ2n) is 3.88. The Labute approximate surface area is 102 Å². The Morgan fingerprint density at radius 3 is 2.71 bits per heavy atom. The molecule has 0 aliphatic carbocycles. The molecule has 1 amide bonds. The van der Waals surface area contributed by atoms with Gasteiger partial charge in [-0.05, 0) is 31.5 Å². The van der Waals surface area contributed by atoms with Gasteiger partial charge in [-0.1, -0.05) is 6.07 Å². The fourth-order valence-electron chi connectivity index (χ4n) is 1.53. The van der Waals surface area contributed by atoms with Gasteiger partial charge in [0.15, 0.2) is 0 Å². The molecule has 4 heteroatoms. The zero-order chi connectivity index (χ0) is 12.8. The number of aryl methyl sites for hydroxylation is 1. The van der Waals surface area contributed by atoms with E-state index >= 15 is 0 Å². The summed E-state index contributed by atoms with van der Waals surface area (Å²) in [6.07, 6.45) is 0. The standard InChI is InChI=1S/C13H19NO3/c1-4-14(7-8-17-3)13(16)11-6-5-10(2)12(15)9-11/h5-6,9,15H,4,7-8H2,1-3H3. The van der Waals surface area contributed by atoms with Crippen molar-refractivity contribution in [2.45, 2.75) is 13.8 Å². The van der Waals surface area contributed by atoms with Crippen molar-refractivity contribution in [2.24, 2.45) is 0 Å². The van der Waals surface area contributed by atoms with E-state index in [1.807, 2.05) is 6.92 Å². The molecule has 0 atom stereocenters. The summed E-state index contributed by atoms with van der Waals surface area (Å²) >= 11 is 0. The largest absolute Gasteiger partial charge is 0.508 e. The molecule has 1 rings (SSSR count). The van der Waals surface area contributed by atoms with Crippen LogP contribution in [0.1, 0.15) is 22.8 Å². The molecular formula is C13H19NO3. The molecule has 1 aromatic rings. The van der Waals surface area contributed by atoms with E-state index in [2.05, 4.69) is 0 Å². The summed E-state index contributed by atoms with van der Waals surface area (Å²) in [7, 11) is 1.61. The Morgan fingerprint density at radius 1 is 1.47 bits per heavy atom. The van der Waals surface area contributed by atoms with Crippen molar-refractivity contribution in [3.8, 4) is 5.75 Å². The summed E-state index contributed by atoms with van der Waals surface area (Å²) in [5.41, 5.74) is 1.27. The van der Waals surface area contributed by atoms with E-state index < -0.39 is 0 Å². The van der Waals surface area contributed by atoms with Crippen LogP contribution in [0, 0.1) is 6.92 Å². The fourth-order valence-corrected chi connectivity index (χ4v) is 1.53. The van der Waals surface area contributed by atoms with Gasteiger partial charge >= 0.3 is 0 Å². The summed E-state index contributed by atoms with van der Waals surface area (Å²) < 4.78 is 4.96. The molecule has 0 unspecified atom stereocenters. The number of likely N-dealkylation sites (N-methyl/N-ethyl adjacent to an activating group) is 1. The monoisotopic (exact) mass is 237 g/mol. The second kappa shape index (κ2) is 6.25. The highest BCUT2D eigenvalue weighted by Crippen LogP contribution is 2.18. The lowest BCUT2D eigenvalue weighted by atomic mass is 10.1. The smallest absolute Gasteiger partial charge is 0.254 e. The maximum atomic E-state index is 12.1. The third-order valence-electron chi connectivity index (χ3n) is 2.69. The molecule has 94 valence electrons. The number of carbonyl (C=O) groups is 1. The zero-order valence-corrected chi connectivity index (χ0v) is 10.6. The van der Waals surface area contributed by atoms with Gasteiger partial charge in [-0.25, -0.2) is 0 Å². The van der Waals surface area contributed by atoms with Crippen LogP contribution in [0.5, 0.6) is 5.75 Å². The first-order valence-corrected chi connectivity index (χ1v) is 5.68. The Morgan fingerprint density at radius 2 is 2.18 bits per heavy atom. The van der Waals surface area contributed by atoms with E-state index in [0.717, 1.165) is 5.56 Å². The van der Waals surface area contributed by atoms with E-state index in [0.29, 0.717) is 25.3 Å². The van der Waals surface area contributed by atoms with Gasteiger partial charge in [-0.15, -0.1) is 0 Å². The van der Waals surface area contributed by atoms with Crippen molar-refractivity contribution < 1.29 is 14.6 Å². The average molecular weight is 237 g/mol. The van der Waals surface area contributed by atoms with Gasteiger partial charge in [0, 0.05) is 25.8 Å². The molecule has 1 N–H and O–H groups in total. The van der Waals surface area contributed by atoms with Crippen molar-refractivity contribution in [1.82, 2.24) is 4.90 Å². The number of benzene rings is 1. The number of rotatable bonds is 5. The first kappa shape index (κ1) is 13.5. The van der Waals surface area contributed by atoms with E-state index in [-0.39, 0.29) is 11.7 Å². The van der Waals surface area contributed by atoms with Crippen LogP contribution in [-0.4, -0.2) is 42.7 Å². The summed E-state index contributed by atoms with van der Waals surface area (Å²) in [6.45, 7) is 5.41. The molecule has 0 saturated carbocycles. The van der Waals surface area contributed by atoms with Gasteiger partial charge in [-0.3, -0.25) is 4.79 Å². The molecule has 0 bridgehead atoms. The number of phenolic OH excluding ortho intramolecular Hbond substituents is 1. The van der Waals surface area contributed by atoms with Crippen molar-refractivity contribution in [1.29, 1.82) is 0 Å². The minimum atomic E-state index is -0.0835. The number of hydrogen-bond acceptors (Lipinski definition) is 3. The number of nitrogens with zero attached hydrogens (tertiary/aromatic N) is 1. The molecule has 4 nitrogen and oxygen atoms in total. The molecule has 0 fully saturated rings. The predicted molar refractivity (Wildman–Crippen MR) is 66.3 cm³/mol. The van der Waals surface area contributed by atoms with Crippen molar-refractivity contribution in [3.63, 3.8) is 0 Å². The lowest BCUT2D eigenvalue weighted by Crippen LogP contribution is -2.33. The highest BCUT2D eigenvalue weighted by atomic mass is 16.5. The van der Waals surface area contributed by atoms with E-state index in [4.69, 9.17) is 4.74 Å². The van der Waals surface area contributed by atoms with Gasteiger partial charge in [0.1, 0.15) is 5.75 Å². The first-order valence-electron chi connectivity index (χ1n) is 5.68. The third kappa shape index (κ3) is 3.46. The van der Waals surface area contributed by atoms with Crippen LogP contribution in [0.25, 0.3) is 0 Å². The maximum absolute atomic E-state index is 12.1. The topological polar surface area (TPSA) is 49.8 Å². The predicted octanol–water partition coefficient (Wildman–Crippen LogP) is 1.81. The molecule has 0 aliphatic rings.